The minimum atomic E-state index is -0.829. The number of ether oxygens (including phenoxy) is 3. The maximum atomic E-state index is 12.9. The Kier molecular flexibility index (Phi) is 11.0. The number of hydrogen-bond acceptors (Lipinski definition) is 5. The van der Waals surface area contributed by atoms with Gasteiger partial charge in [0.1, 0.15) is 12.2 Å². The van der Waals surface area contributed by atoms with E-state index < -0.39 is 5.60 Å². The Bertz CT molecular complexity index is 565. The normalized spacial score (nSPS) is 13.2. The molecule has 0 aliphatic rings. The summed E-state index contributed by atoms with van der Waals surface area (Å²) in [6.07, 6.45) is 4.75. The van der Waals surface area contributed by atoms with Crippen molar-refractivity contribution in [3.63, 3.8) is 0 Å². The molecule has 1 atom stereocenters. The molecule has 1 heterocycles. The van der Waals surface area contributed by atoms with Gasteiger partial charge in [0.15, 0.2) is 0 Å². The smallest absolute Gasteiger partial charge is 0.256 e. The zero-order valence-electron chi connectivity index (χ0n) is 17.6. The van der Waals surface area contributed by atoms with Crippen LogP contribution >= 0.6 is 0 Å². The fourth-order valence-corrected chi connectivity index (χ4v) is 2.65. The van der Waals surface area contributed by atoms with Gasteiger partial charge in [0.25, 0.3) is 5.91 Å². The molecule has 0 bridgehead atoms. The van der Waals surface area contributed by atoms with Crippen LogP contribution in [-0.2, 0) is 14.3 Å². The fraction of sp³-hybridized carbons (Fsp3) is 0.714. The van der Waals surface area contributed by atoms with Gasteiger partial charge in [-0.1, -0.05) is 33.1 Å². The second-order valence-electron chi connectivity index (χ2n) is 6.82. The largest absolute Gasteiger partial charge is 0.475 e. The predicted octanol–water partition coefficient (Wildman–Crippen LogP) is 4.51. The lowest BCUT2D eigenvalue weighted by molar-refractivity contribution is -0.140. The molecule has 0 aliphatic heterocycles. The average Bonchev–Trinajstić information content (AvgIpc) is 2.65. The van der Waals surface area contributed by atoms with Crippen LogP contribution < -0.4 is 10.1 Å². The van der Waals surface area contributed by atoms with Gasteiger partial charge in [-0.05, 0) is 39.7 Å². The molecule has 154 valence electrons. The number of hydrogen-bond donors (Lipinski definition) is 1. The van der Waals surface area contributed by atoms with Crippen LogP contribution in [0.5, 0.6) is 5.88 Å². The van der Waals surface area contributed by atoms with Crippen LogP contribution in [0.25, 0.3) is 0 Å². The van der Waals surface area contributed by atoms with Crippen LogP contribution in [0, 0.1) is 6.92 Å². The third-order valence-corrected chi connectivity index (χ3v) is 4.35. The first-order valence-corrected chi connectivity index (χ1v) is 10.1. The monoisotopic (exact) mass is 380 g/mol. The first kappa shape index (κ1) is 23.4. The maximum Gasteiger partial charge on any atom is 0.256 e. The van der Waals surface area contributed by atoms with Crippen molar-refractivity contribution in [2.75, 3.05) is 31.7 Å². The third-order valence-electron chi connectivity index (χ3n) is 4.35. The Morgan fingerprint density at radius 2 is 1.89 bits per heavy atom. The van der Waals surface area contributed by atoms with Gasteiger partial charge >= 0.3 is 0 Å². The molecule has 0 fully saturated rings. The molecule has 27 heavy (non-hydrogen) atoms. The molecule has 1 aromatic heterocycles. The van der Waals surface area contributed by atoms with E-state index in [1.165, 1.54) is 0 Å². The van der Waals surface area contributed by atoms with Crippen molar-refractivity contribution in [3.8, 4) is 5.88 Å². The minimum Gasteiger partial charge on any atom is -0.475 e. The van der Waals surface area contributed by atoms with E-state index in [1.807, 2.05) is 33.8 Å². The zero-order valence-corrected chi connectivity index (χ0v) is 17.6. The van der Waals surface area contributed by atoms with E-state index in [4.69, 9.17) is 14.2 Å². The Balaban J connectivity index is 2.73. The van der Waals surface area contributed by atoms with E-state index in [0.29, 0.717) is 50.1 Å². The molecule has 1 unspecified atom stereocenters. The van der Waals surface area contributed by atoms with Gasteiger partial charge in [0.05, 0.1) is 18.0 Å². The van der Waals surface area contributed by atoms with Crippen molar-refractivity contribution < 1.29 is 19.0 Å². The van der Waals surface area contributed by atoms with E-state index >= 15 is 0 Å². The number of unbranched alkanes of at least 4 members (excludes halogenated alkanes) is 2. The van der Waals surface area contributed by atoms with Crippen molar-refractivity contribution in [1.82, 2.24) is 4.98 Å². The molecular weight excluding hydrogens is 344 g/mol. The summed E-state index contributed by atoms with van der Waals surface area (Å²) in [4.78, 5) is 17.3. The molecule has 1 amide bonds. The standard InChI is InChI=1S/C21H36N2O4/c1-6-9-10-13-21(5,27-14-7-2)20(24)23-18-11-12-19(22-17(18)4)26-16-15-25-8-3/h11-12H,6-10,13-16H2,1-5H3,(H,23,24). The van der Waals surface area contributed by atoms with E-state index in [2.05, 4.69) is 17.2 Å². The van der Waals surface area contributed by atoms with E-state index in [-0.39, 0.29) is 5.91 Å². The summed E-state index contributed by atoms with van der Waals surface area (Å²) in [7, 11) is 0. The number of nitrogens with zero attached hydrogens (tertiary/aromatic N) is 1. The van der Waals surface area contributed by atoms with Crippen LogP contribution in [-0.4, -0.2) is 42.9 Å². The number of aromatic nitrogens is 1. The second-order valence-corrected chi connectivity index (χ2v) is 6.82. The summed E-state index contributed by atoms with van der Waals surface area (Å²) < 4.78 is 16.7. The predicted molar refractivity (Wildman–Crippen MR) is 108 cm³/mol. The molecule has 6 nitrogen and oxygen atoms in total. The summed E-state index contributed by atoms with van der Waals surface area (Å²) in [6, 6.07) is 3.58. The summed E-state index contributed by atoms with van der Waals surface area (Å²) in [6.45, 7) is 12.1. The van der Waals surface area contributed by atoms with E-state index in [0.717, 1.165) is 25.7 Å². The first-order chi connectivity index (χ1) is 13.0. The van der Waals surface area contributed by atoms with Gasteiger partial charge < -0.3 is 19.5 Å². The molecular formula is C21H36N2O4. The van der Waals surface area contributed by atoms with Gasteiger partial charge in [-0.3, -0.25) is 4.79 Å². The van der Waals surface area contributed by atoms with Crippen molar-refractivity contribution >= 4 is 11.6 Å². The molecule has 1 rings (SSSR count). The van der Waals surface area contributed by atoms with Gasteiger partial charge in [0, 0.05) is 19.3 Å². The SMILES string of the molecule is CCCCCC(C)(OCCC)C(=O)Nc1ccc(OCCOCC)nc1C. The quantitative estimate of drug-likeness (QED) is 0.481. The summed E-state index contributed by atoms with van der Waals surface area (Å²) in [5, 5.41) is 2.98. The molecule has 0 saturated carbocycles. The van der Waals surface area contributed by atoms with Crippen molar-refractivity contribution in [2.45, 2.75) is 72.3 Å². The van der Waals surface area contributed by atoms with Gasteiger partial charge in [-0.2, -0.15) is 0 Å². The summed E-state index contributed by atoms with van der Waals surface area (Å²) in [5.74, 6) is 0.403. The van der Waals surface area contributed by atoms with Gasteiger partial charge in [-0.25, -0.2) is 4.98 Å². The number of nitrogens with one attached hydrogen (secondary N) is 1. The van der Waals surface area contributed by atoms with Crippen molar-refractivity contribution in [1.29, 1.82) is 0 Å². The average molecular weight is 381 g/mol. The van der Waals surface area contributed by atoms with Crippen molar-refractivity contribution in [3.05, 3.63) is 17.8 Å². The highest BCUT2D eigenvalue weighted by Gasteiger charge is 2.33. The van der Waals surface area contributed by atoms with Crippen molar-refractivity contribution in [2.24, 2.45) is 0 Å². The number of carbonyl (C=O) groups excluding carboxylic acids is 1. The zero-order chi connectivity index (χ0) is 20.1. The molecule has 0 radical (unpaired) electrons. The molecule has 0 saturated heterocycles. The minimum absolute atomic E-state index is 0.123. The van der Waals surface area contributed by atoms with Crippen LogP contribution in [0.4, 0.5) is 5.69 Å². The molecule has 6 heteroatoms. The lowest BCUT2D eigenvalue weighted by Gasteiger charge is -2.29. The molecule has 0 aliphatic carbocycles. The first-order valence-electron chi connectivity index (χ1n) is 10.1. The topological polar surface area (TPSA) is 69.7 Å². The number of aryl methyl sites for hydroxylation is 1. The Morgan fingerprint density at radius 3 is 2.52 bits per heavy atom. The lowest BCUT2D eigenvalue weighted by Crippen LogP contribution is -2.43. The number of pyridine rings is 1. The van der Waals surface area contributed by atoms with E-state index in [1.54, 1.807) is 6.07 Å². The Hall–Kier alpha value is -1.66. The lowest BCUT2D eigenvalue weighted by atomic mass is 9.96. The Morgan fingerprint density at radius 1 is 1.11 bits per heavy atom. The number of rotatable bonds is 14. The van der Waals surface area contributed by atoms with Crippen LogP contribution in [0.1, 0.15) is 65.5 Å². The maximum absolute atomic E-state index is 12.9. The molecule has 1 aromatic rings. The van der Waals surface area contributed by atoms with Crippen LogP contribution in [0.2, 0.25) is 0 Å². The number of amides is 1. The molecule has 1 N–H and O–H groups in total. The summed E-state index contributed by atoms with van der Waals surface area (Å²) in [5.41, 5.74) is 0.562. The van der Waals surface area contributed by atoms with Crippen LogP contribution in [0.15, 0.2) is 12.1 Å². The van der Waals surface area contributed by atoms with Gasteiger partial charge in [-0.15, -0.1) is 0 Å². The molecule has 0 aromatic carbocycles. The Labute approximate surface area is 164 Å². The van der Waals surface area contributed by atoms with E-state index in [9.17, 15) is 4.79 Å². The third kappa shape index (κ3) is 8.26. The fourth-order valence-electron chi connectivity index (χ4n) is 2.65. The second kappa shape index (κ2) is 12.7. The highest BCUT2D eigenvalue weighted by atomic mass is 16.5. The number of carbonyl (C=O) groups is 1. The van der Waals surface area contributed by atoms with Crippen LogP contribution in [0.3, 0.4) is 0 Å². The summed E-state index contributed by atoms with van der Waals surface area (Å²) >= 11 is 0. The highest BCUT2D eigenvalue weighted by molar-refractivity contribution is 5.97. The molecule has 0 spiro atoms. The van der Waals surface area contributed by atoms with Gasteiger partial charge in [0.2, 0.25) is 5.88 Å². The highest BCUT2D eigenvalue weighted by Crippen LogP contribution is 2.24. The number of anilines is 1.